The fourth-order valence-corrected chi connectivity index (χ4v) is 1.92. The largest absolute Gasteiger partial charge is 0.316 e. The molecule has 1 amide bonds. The van der Waals surface area contributed by atoms with E-state index in [1.54, 1.807) is 12.3 Å². The Balaban J connectivity index is 2.13. The summed E-state index contributed by atoms with van der Waals surface area (Å²) in [6, 6.07) is 1.66. The quantitative estimate of drug-likeness (QED) is 0.835. The van der Waals surface area contributed by atoms with Crippen molar-refractivity contribution in [3.63, 3.8) is 0 Å². The number of H-pyrrole nitrogens is 1. The average molecular weight is 345 g/mol. The minimum Gasteiger partial charge on any atom is -0.316 e. The molecule has 0 aliphatic rings. The molecule has 2 aromatic heterocycles. The second-order valence-electron chi connectivity index (χ2n) is 3.80. The highest BCUT2D eigenvalue weighted by atomic mass is 79.9. The Morgan fingerprint density at radius 2 is 2.37 bits per heavy atom. The molecule has 0 saturated carbocycles. The smallest absolute Gasteiger partial charge is 0.295 e. The number of carbonyl (C=O) groups excluding carboxylic acids is 1. The van der Waals surface area contributed by atoms with E-state index in [2.05, 4.69) is 41.4 Å². The molecule has 2 rings (SSSR count). The van der Waals surface area contributed by atoms with E-state index in [1.165, 1.54) is 0 Å². The third-order valence-corrected chi connectivity index (χ3v) is 3.01. The molecular weight excluding hydrogens is 334 g/mol. The van der Waals surface area contributed by atoms with Gasteiger partial charge in [-0.2, -0.15) is 0 Å². The Morgan fingerprint density at radius 3 is 3.11 bits per heavy atom. The average Bonchev–Trinajstić information content (AvgIpc) is 2.83. The number of amides is 1. The monoisotopic (exact) mass is 343 g/mol. The van der Waals surface area contributed by atoms with Gasteiger partial charge >= 0.3 is 0 Å². The number of rotatable bonds is 4. The number of nitrogens with one attached hydrogen (secondary N) is 2. The lowest BCUT2D eigenvalue weighted by Gasteiger charge is -2.04. The molecular formula is C11H11BrClN5O. The van der Waals surface area contributed by atoms with E-state index in [4.69, 9.17) is 11.6 Å². The molecule has 0 fully saturated rings. The normalized spacial score (nSPS) is 10.5. The molecule has 0 aliphatic heterocycles. The maximum atomic E-state index is 11.9. The zero-order valence-corrected chi connectivity index (χ0v) is 12.4. The lowest BCUT2D eigenvalue weighted by Crippen LogP contribution is -2.14. The first-order chi connectivity index (χ1) is 9.10. The van der Waals surface area contributed by atoms with Crippen LogP contribution in [0, 0.1) is 0 Å². The summed E-state index contributed by atoms with van der Waals surface area (Å²) in [6.45, 7) is 2.02. The summed E-state index contributed by atoms with van der Waals surface area (Å²) in [7, 11) is 0. The molecule has 0 radical (unpaired) electrons. The van der Waals surface area contributed by atoms with E-state index < -0.39 is 5.91 Å². The van der Waals surface area contributed by atoms with Crippen LogP contribution in [0.2, 0.25) is 5.15 Å². The minimum atomic E-state index is -0.430. The van der Waals surface area contributed by atoms with E-state index in [0.717, 1.165) is 12.8 Å². The Morgan fingerprint density at radius 1 is 1.58 bits per heavy atom. The standard InChI is InChI=1S/C11H11BrClN5O/c1-2-3-8-16-10(18-17-8)11(19)15-7-4-6(12)5-14-9(7)13/h4-5H,2-3H2,1H3,(H,15,19)(H,16,17,18). The zero-order valence-electron chi connectivity index (χ0n) is 10.1. The molecule has 8 heteroatoms. The third-order valence-electron chi connectivity index (χ3n) is 2.28. The van der Waals surface area contributed by atoms with Crippen molar-refractivity contribution in [1.29, 1.82) is 0 Å². The number of aromatic nitrogens is 4. The zero-order chi connectivity index (χ0) is 13.8. The van der Waals surface area contributed by atoms with Gasteiger partial charge in [-0.05, 0) is 28.4 Å². The van der Waals surface area contributed by atoms with Gasteiger partial charge in [0.1, 0.15) is 5.82 Å². The number of hydrogen-bond donors (Lipinski definition) is 2. The predicted octanol–water partition coefficient (Wildman–Crippen LogP) is 2.82. The van der Waals surface area contributed by atoms with Crippen LogP contribution in [0.5, 0.6) is 0 Å². The first-order valence-electron chi connectivity index (χ1n) is 5.64. The van der Waals surface area contributed by atoms with E-state index >= 15 is 0 Å². The maximum Gasteiger partial charge on any atom is 0.295 e. The van der Waals surface area contributed by atoms with Gasteiger partial charge in [0.05, 0.1) is 5.69 Å². The highest BCUT2D eigenvalue weighted by Crippen LogP contribution is 2.23. The number of halogens is 2. The van der Waals surface area contributed by atoms with Crippen LogP contribution < -0.4 is 5.32 Å². The fraction of sp³-hybridized carbons (Fsp3) is 0.273. The van der Waals surface area contributed by atoms with Gasteiger partial charge < -0.3 is 5.32 Å². The van der Waals surface area contributed by atoms with Crippen molar-refractivity contribution in [3.8, 4) is 0 Å². The number of anilines is 1. The van der Waals surface area contributed by atoms with Gasteiger partial charge in [-0.1, -0.05) is 18.5 Å². The predicted molar refractivity (Wildman–Crippen MR) is 75.3 cm³/mol. The van der Waals surface area contributed by atoms with Crippen LogP contribution >= 0.6 is 27.5 Å². The summed E-state index contributed by atoms with van der Waals surface area (Å²) in [4.78, 5) is 19.9. The molecule has 0 aromatic carbocycles. The van der Waals surface area contributed by atoms with Crippen LogP contribution in [-0.4, -0.2) is 26.1 Å². The summed E-state index contributed by atoms with van der Waals surface area (Å²) in [6.07, 6.45) is 3.22. The summed E-state index contributed by atoms with van der Waals surface area (Å²) in [5, 5.41) is 9.40. The van der Waals surface area contributed by atoms with E-state index in [1.807, 2.05) is 6.92 Å². The number of hydrogen-bond acceptors (Lipinski definition) is 4. The first-order valence-corrected chi connectivity index (χ1v) is 6.81. The topological polar surface area (TPSA) is 83.6 Å². The lowest BCUT2D eigenvalue weighted by atomic mass is 10.3. The number of aryl methyl sites for hydroxylation is 1. The van der Waals surface area contributed by atoms with Crippen LogP contribution in [0.1, 0.15) is 29.8 Å². The van der Waals surface area contributed by atoms with Gasteiger partial charge in [0.15, 0.2) is 5.15 Å². The van der Waals surface area contributed by atoms with Gasteiger partial charge in [0, 0.05) is 17.1 Å². The summed E-state index contributed by atoms with van der Waals surface area (Å²) in [5.41, 5.74) is 0.405. The van der Waals surface area contributed by atoms with Crippen LogP contribution in [0.15, 0.2) is 16.7 Å². The minimum absolute atomic E-state index is 0.0829. The van der Waals surface area contributed by atoms with Crippen LogP contribution in [-0.2, 0) is 6.42 Å². The number of carbonyl (C=O) groups is 1. The van der Waals surface area contributed by atoms with Crippen molar-refractivity contribution in [3.05, 3.63) is 33.5 Å². The number of pyridine rings is 1. The van der Waals surface area contributed by atoms with Crippen molar-refractivity contribution in [2.45, 2.75) is 19.8 Å². The second kappa shape index (κ2) is 6.12. The summed E-state index contributed by atoms with van der Waals surface area (Å²) < 4.78 is 0.717. The number of nitrogens with zero attached hydrogens (tertiary/aromatic N) is 3. The first kappa shape index (κ1) is 14.0. The second-order valence-corrected chi connectivity index (χ2v) is 5.08. The Hall–Kier alpha value is -1.47. The Labute approximate surface area is 123 Å². The van der Waals surface area contributed by atoms with Crippen molar-refractivity contribution in [1.82, 2.24) is 20.2 Å². The highest BCUT2D eigenvalue weighted by molar-refractivity contribution is 9.10. The molecule has 2 N–H and O–H groups in total. The van der Waals surface area contributed by atoms with Crippen LogP contribution in [0.3, 0.4) is 0 Å². The SMILES string of the molecule is CCCc1nc(C(=O)Nc2cc(Br)cnc2Cl)n[nH]1. The van der Waals surface area contributed by atoms with Crippen LogP contribution in [0.25, 0.3) is 0 Å². The third kappa shape index (κ3) is 3.51. The van der Waals surface area contributed by atoms with E-state index in [9.17, 15) is 4.79 Å². The van der Waals surface area contributed by atoms with Gasteiger partial charge in [-0.25, -0.2) is 9.97 Å². The molecule has 0 spiro atoms. The Bertz CT molecular complexity index is 601. The molecule has 0 unspecified atom stereocenters. The molecule has 0 aliphatic carbocycles. The summed E-state index contributed by atoms with van der Waals surface area (Å²) in [5.74, 6) is 0.339. The Kier molecular flexibility index (Phi) is 4.49. The van der Waals surface area contributed by atoms with Gasteiger partial charge in [-0.15, -0.1) is 5.10 Å². The van der Waals surface area contributed by atoms with Gasteiger partial charge in [0.25, 0.3) is 5.91 Å². The highest BCUT2D eigenvalue weighted by Gasteiger charge is 2.14. The molecule has 2 aromatic rings. The van der Waals surface area contributed by atoms with Crippen molar-refractivity contribution < 1.29 is 4.79 Å². The molecule has 6 nitrogen and oxygen atoms in total. The molecule has 0 atom stereocenters. The molecule has 0 bridgehead atoms. The van der Waals surface area contributed by atoms with Crippen molar-refractivity contribution >= 4 is 39.1 Å². The number of aromatic amines is 1. The van der Waals surface area contributed by atoms with Crippen molar-refractivity contribution in [2.75, 3.05) is 5.32 Å². The van der Waals surface area contributed by atoms with Crippen LogP contribution in [0.4, 0.5) is 5.69 Å². The lowest BCUT2D eigenvalue weighted by molar-refractivity contribution is 0.101. The molecule has 100 valence electrons. The molecule has 0 saturated heterocycles. The van der Waals surface area contributed by atoms with E-state index in [0.29, 0.717) is 16.0 Å². The molecule has 19 heavy (non-hydrogen) atoms. The van der Waals surface area contributed by atoms with Gasteiger partial charge in [0.2, 0.25) is 5.82 Å². The van der Waals surface area contributed by atoms with Crippen molar-refractivity contribution in [2.24, 2.45) is 0 Å². The summed E-state index contributed by atoms with van der Waals surface area (Å²) >= 11 is 9.14. The molecule has 2 heterocycles. The van der Waals surface area contributed by atoms with E-state index in [-0.39, 0.29) is 11.0 Å². The maximum absolute atomic E-state index is 11.9. The van der Waals surface area contributed by atoms with Gasteiger partial charge in [-0.3, -0.25) is 9.89 Å². The fourth-order valence-electron chi connectivity index (χ4n) is 1.43.